The van der Waals surface area contributed by atoms with Crippen LogP contribution in [0.2, 0.25) is 0 Å². The molecule has 4 N–H and O–H groups in total. The largest absolute Gasteiger partial charge is 0.416 e. The fraction of sp³-hybridized carbons (Fsp3) is 0. The van der Waals surface area contributed by atoms with Crippen LogP contribution in [0.25, 0.3) is 5.65 Å². The monoisotopic (exact) mass is 228 g/mol. The van der Waals surface area contributed by atoms with E-state index in [1.807, 2.05) is 0 Å². The molecule has 0 unspecified atom stereocenters. The van der Waals surface area contributed by atoms with Crippen molar-refractivity contribution in [2.45, 2.75) is 0 Å². The van der Waals surface area contributed by atoms with Crippen LogP contribution in [0.15, 0.2) is 30.6 Å². The van der Waals surface area contributed by atoms with Gasteiger partial charge in [0.1, 0.15) is 5.69 Å². The van der Waals surface area contributed by atoms with E-state index in [2.05, 4.69) is 4.98 Å². The van der Waals surface area contributed by atoms with Crippen molar-refractivity contribution in [2.75, 3.05) is 0 Å². The Bertz CT molecular complexity index is 446. The first kappa shape index (κ1) is 10.4. The smallest absolute Gasteiger partial charge is 0.379 e. The Kier molecular flexibility index (Phi) is 2.38. The zero-order chi connectivity index (χ0) is 11.1. The number of hydrogen-bond donors (Lipinski definition) is 4. The molecule has 6 nitrogen and oxygen atoms in total. The standard InChI is InChI=1S/C8H9N2O4P/c11-8(15(12,13)14)6-5-10-4-2-1-3-7(10)9-6/h1-5,11-14H. The molecule has 0 aromatic carbocycles. The molecule has 0 aliphatic rings. The van der Waals surface area contributed by atoms with Crippen LogP contribution in [0.1, 0.15) is 5.69 Å². The number of aromatic nitrogens is 2. The number of imidazole rings is 1. The molecular weight excluding hydrogens is 219 g/mol. The lowest BCUT2D eigenvalue weighted by molar-refractivity contribution is -0.510. The van der Waals surface area contributed by atoms with E-state index >= 15 is 0 Å². The highest BCUT2D eigenvalue weighted by Gasteiger charge is 2.38. The van der Waals surface area contributed by atoms with Crippen LogP contribution in [-0.4, -0.2) is 24.8 Å². The zero-order valence-corrected chi connectivity index (χ0v) is 8.41. The topological polar surface area (TPSA) is 97.9 Å². The maximum atomic E-state index is 9.30. The van der Waals surface area contributed by atoms with Crippen molar-refractivity contribution in [2.24, 2.45) is 0 Å². The maximum Gasteiger partial charge on any atom is 0.379 e. The average molecular weight is 228 g/mol. The lowest BCUT2D eigenvalue weighted by atomic mass is 10.5. The Labute approximate surface area is 85.7 Å². The van der Waals surface area contributed by atoms with E-state index in [4.69, 9.17) is 14.7 Å². The van der Waals surface area contributed by atoms with Gasteiger partial charge in [-0.05, 0) is 6.07 Å². The quantitative estimate of drug-likeness (QED) is 0.315. The van der Waals surface area contributed by atoms with Gasteiger partial charge in [-0.2, -0.15) is 0 Å². The summed E-state index contributed by atoms with van der Waals surface area (Å²) < 4.78 is 1.58. The maximum absolute atomic E-state index is 9.30. The molecule has 0 spiro atoms. The van der Waals surface area contributed by atoms with Crippen LogP contribution in [-0.2, 0) is 0 Å². The summed E-state index contributed by atoms with van der Waals surface area (Å²) in [5.74, 6) is -0.897. The van der Waals surface area contributed by atoms with Gasteiger partial charge in [-0.3, -0.25) is 0 Å². The van der Waals surface area contributed by atoms with Crippen LogP contribution in [0.3, 0.4) is 0 Å². The number of nitrogens with zero attached hydrogens (tertiary/aromatic N) is 2. The summed E-state index contributed by atoms with van der Waals surface area (Å²) in [7, 11) is -4.39. The van der Waals surface area contributed by atoms with Crippen molar-refractivity contribution in [3.05, 3.63) is 42.1 Å². The highest BCUT2D eigenvalue weighted by atomic mass is 31.2. The van der Waals surface area contributed by atoms with Gasteiger partial charge in [0.15, 0.2) is 5.85 Å². The minimum Gasteiger partial charge on any atom is -0.416 e. The Morgan fingerprint density at radius 3 is 2.67 bits per heavy atom. The van der Waals surface area contributed by atoms with Crippen molar-refractivity contribution in [3.8, 4) is 0 Å². The average Bonchev–Trinajstić information content (AvgIpc) is 2.58. The summed E-state index contributed by atoms with van der Waals surface area (Å²) in [6.45, 7) is 0. The van der Waals surface area contributed by atoms with Crippen molar-refractivity contribution >= 4 is 13.6 Å². The summed E-state index contributed by atoms with van der Waals surface area (Å²) in [4.78, 5) is 30.5. The third-order valence-corrected chi connectivity index (χ3v) is 2.67. The van der Waals surface area contributed by atoms with Gasteiger partial charge in [-0.1, -0.05) is 6.07 Å². The first-order valence-electron chi connectivity index (χ1n) is 4.06. The van der Waals surface area contributed by atoms with E-state index in [0.29, 0.717) is 5.65 Å². The molecule has 0 aliphatic carbocycles. The third-order valence-electron chi connectivity index (χ3n) is 1.88. The lowest BCUT2D eigenvalue weighted by Crippen LogP contribution is -2.16. The lowest BCUT2D eigenvalue weighted by Gasteiger charge is -2.13. The van der Waals surface area contributed by atoms with E-state index < -0.39 is 13.8 Å². The van der Waals surface area contributed by atoms with Gasteiger partial charge in [-0.25, -0.2) is 14.7 Å². The van der Waals surface area contributed by atoms with E-state index in [0.717, 1.165) is 0 Å². The van der Waals surface area contributed by atoms with Crippen LogP contribution < -0.4 is 4.40 Å². The zero-order valence-electron chi connectivity index (χ0n) is 7.52. The van der Waals surface area contributed by atoms with E-state index in [1.54, 1.807) is 28.8 Å². The minimum absolute atomic E-state index is 0.0537. The molecule has 0 saturated carbocycles. The number of pyridine rings is 1. The second-order valence-corrected chi connectivity index (χ2v) is 4.54. The summed E-state index contributed by atoms with van der Waals surface area (Å²) in [5, 5.41) is 9.30. The van der Waals surface area contributed by atoms with Crippen LogP contribution >= 0.6 is 7.94 Å². The molecule has 0 amide bonds. The third kappa shape index (κ3) is 1.94. The van der Waals surface area contributed by atoms with Crippen LogP contribution in [0, 0.1) is 5.85 Å². The molecule has 0 radical (unpaired) electrons. The first-order chi connectivity index (χ1) is 6.98. The molecular formula is C8H9N2O4P. The van der Waals surface area contributed by atoms with Crippen molar-refractivity contribution in [1.29, 1.82) is 0 Å². The molecule has 0 bridgehead atoms. The van der Waals surface area contributed by atoms with Crippen molar-refractivity contribution in [3.63, 3.8) is 0 Å². The number of hydrogen-bond acceptors (Lipinski definition) is 5. The van der Waals surface area contributed by atoms with Gasteiger partial charge in [0.2, 0.25) is 5.65 Å². The van der Waals surface area contributed by atoms with E-state index in [-0.39, 0.29) is 5.69 Å². The highest BCUT2D eigenvalue weighted by Crippen LogP contribution is 2.56. The Balaban J connectivity index is 2.45. The predicted molar refractivity (Wildman–Crippen MR) is 50.8 cm³/mol. The molecule has 0 fully saturated rings. The predicted octanol–water partition coefficient (Wildman–Crippen LogP) is -0.511. The Morgan fingerprint density at radius 1 is 1.33 bits per heavy atom. The van der Waals surface area contributed by atoms with E-state index in [1.165, 1.54) is 6.20 Å². The molecule has 2 aromatic heterocycles. The van der Waals surface area contributed by atoms with Gasteiger partial charge in [-0.15, -0.1) is 11.1 Å². The van der Waals surface area contributed by atoms with E-state index in [9.17, 15) is 5.11 Å². The molecule has 15 heavy (non-hydrogen) atoms. The van der Waals surface area contributed by atoms with Crippen LogP contribution in [0.4, 0.5) is 0 Å². The second-order valence-electron chi connectivity index (χ2n) is 2.98. The molecule has 0 saturated heterocycles. The first-order valence-corrected chi connectivity index (χ1v) is 5.71. The molecule has 2 heterocycles. The van der Waals surface area contributed by atoms with Gasteiger partial charge >= 0.3 is 7.94 Å². The number of rotatable bonds is 2. The van der Waals surface area contributed by atoms with Gasteiger partial charge in [0.05, 0.1) is 0 Å². The number of aliphatic hydroxyl groups is 1. The number of aliphatic hydroxyl groups excluding tert-OH is 1. The summed E-state index contributed by atoms with van der Waals surface area (Å²) in [5.41, 5.74) is 0.481. The summed E-state index contributed by atoms with van der Waals surface area (Å²) >= 11 is 0. The molecule has 0 aliphatic heterocycles. The second kappa shape index (κ2) is 3.44. The molecule has 0 atom stereocenters. The molecule has 2 rings (SSSR count). The highest BCUT2D eigenvalue weighted by molar-refractivity contribution is 7.61. The molecule has 80 valence electrons. The molecule has 2 aromatic rings. The Hall–Kier alpha value is -1.17. The van der Waals surface area contributed by atoms with Gasteiger partial charge in [0.25, 0.3) is 0 Å². The fourth-order valence-corrected chi connectivity index (χ4v) is 1.61. The SMILES string of the molecule is O[C-](c1c[n+]2cccc[c-]2n1)[P+](O)(O)O. The minimum atomic E-state index is -4.39. The van der Waals surface area contributed by atoms with Crippen molar-refractivity contribution in [1.82, 2.24) is 4.98 Å². The van der Waals surface area contributed by atoms with Crippen LogP contribution in [0.5, 0.6) is 0 Å². The van der Waals surface area contributed by atoms with Gasteiger partial charge < -0.3 is 9.51 Å². The Morgan fingerprint density at radius 2 is 2.07 bits per heavy atom. The molecule has 7 heteroatoms. The summed E-state index contributed by atoms with van der Waals surface area (Å²) in [6, 6.07) is 5.19. The normalized spacial score (nSPS) is 12.0. The van der Waals surface area contributed by atoms with Gasteiger partial charge in [0, 0.05) is 12.4 Å². The fourth-order valence-electron chi connectivity index (χ4n) is 1.20. The van der Waals surface area contributed by atoms with Crippen molar-refractivity contribution < 1.29 is 24.2 Å². The number of fused-ring (bicyclic) bond motifs is 1. The summed E-state index contributed by atoms with van der Waals surface area (Å²) in [6.07, 6.45) is 3.08.